The fraction of sp³-hybridized carbons (Fsp3) is 0.644. The third-order valence-electron chi connectivity index (χ3n) is 14.3. The van der Waals surface area contributed by atoms with Crippen LogP contribution in [-0.2, 0) is 30.5 Å². The van der Waals surface area contributed by atoms with Gasteiger partial charge in [0, 0.05) is 31.2 Å². The number of ketones is 1. The summed E-state index contributed by atoms with van der Waals surface area (Å²) >= 11 is 0. The van der Waals surface area contributed by atoms with E-state index in [-0.39, 0.29) is 59.5 Å². The van der Waals surface area contributed by atoms with Crippen LogP contribution in [0.3, 0.4) is 0 Å². The van der Waals surface area contributed by atoms with Crippen LogP contribution in [0.15, 0.2) is 55.1 Å². The average Bonchev–Trinajstić information content (AvgIpc) is 3.48. The molecule has 57 heavy (non-hydrogen) atoms. The molecule has 4 bridgehead atoms. The van der Waals surface area contributed by atoms with Crippen molar-refractivity contribution in [3.63, 3.8) is 0 Å². The number of hydrogen-bond donors (Lipinski definition) is 5. The van der Waals surface area contributed by atoms with Gasteiger partial charge in [-0.2, -0.15) is 0 Å². The van der Waals surface area contributed by atoms with Crippen molar-refractivity contribution in [2.75, 3.05) is 13.1 Å². The SMILES string of the molecule is C=CCC[C@@H](NC(=O)[C@@H]1[C@@H]2C(CN1C(=O)[C@@H](NC(=O)NC13CC4CC(CC(C4)C1)C3)C1CCCCC1)C2(C)C)C(=O)C(=O)NCC=CC(=O)NCc1ccccc1. The van der Waals surface area contributed by atoms with E-state index >= 15 is 0 Å². The van der Waals surface area contributed by atoms with Gasteiger partial charge in [-0.15, -0.1) is 6.58 Å². The van der Waals surface area contributed by atoms with E-state index in [1.165, 1.54) is 31.4 Å². The highest BCUT2D eigenvalue weighted by atomic mass is 16.2. The summed E-state index contributed by atoms with van der Waals surface area (Å²) in [7, 11) is 0. The molecule has 1 aromatic carbocycles. The van der Waals surface area contributed by atoms with Gasteiger partial charge >= 0.3 is 6.03 Å². The van der Waals surface area contributed by atoms with Gasteiger partial charge in [0.25, 0.3) is 5.91 Å². The van der Waals surface area contributed by atoms with Crippen LogP contribution in [0, 0.1) is 40.9 Å². The molecule has 6 amide bonds. The first-order valence-electron chi connectivity index (χ1n) is 21.5. The highest BCUT2D eigenvalue weighted by Gasteiger charge is 2.70. The van der Waals surface area contributed by atoms with Crippen LogP contribution in [0.1, 0.15) is 103 Å². The predicted molar refractivity (Wildman–Crippen MR) is 216 cm³/mol. The zero-order chi connectivity index (χ0) is 40.3. The van der Waals surface area contributed by atoms with Gasteiger partial charge in [-0.05, 0) is 111 Å². The number of hydrogen-bond acceptors (Lipinski definition) is 6. The van der Waals surface area contributed by atoms with Gasteiger partial charge in [0.05, 0.1) is 6.04 Å². The summed E-state index contributed by atoms with van der Waals surface area (Å²) < 4.78 is 0. The summed E-state index contributed by atoms with van der Waals surface area (Å²) in [6, 6.07) is 6.46. The smallest absolute Gasteiger partial charge is 0.315 e. The number of allylic oxidation sites excluding steroid dienone is 1. The van der Waals surface area contributed by atoms with Crippen LogP contribution in [0.2, 0.25) is 0 Å². The Kier molecular flexibility index (Phi) is 12.3. The number of urea groups is 1. The van der Waals surface area contributed by atoms with Crippen molar-refractivity contribution < 1.29 is 28.8 Å². The minimum atomic E-state index is -1.13. The maximum Gasteiger partial charge on any atom is 0.315 e. The van der Waals surface area contributed by atoms with E-state index in [0.717, 1.165) is 56.9 Å². The quantitative estimate of drug-likeness (QED) is 0.0928. The molecular formula is C45H62N6O6. The molecule has 12 nitrogen and oxygen atoms in total. The monoisotopic (exact) mass is 782 g/mol. The van der Waals surface area contributed by atoms with Gasteiger partial charge in [-0.25, -0.2) is 4.79 Å². The number of carbonyl (C=O) groups is 6. The number of nitrogens with one attached hydrogen (secondary N) is 5. The number of amides is 6. The number of likely N-dealkylation sites (tertiary alicyclic amines) is 1. The zero-order valence-corrected chi connectivity index (χ0v) is 33.7. The lowest BCUT2D eigenvalue weighted by molar-refractivity contribution is -0.144. The Morgan fingerprint density at radius 3 is 2.21 bits per heavy atom. The zero-order valence-electron chi connectivity index (χ0n) is 33.7. The summed E-state index contributed by atoms with van der Waals surface area (Å²) in [4.78, 5) is 83.5. The minimum Gasteiger partial charge on any atom is -0.348 e. The number of Topliss-reactive ketones (excluding diaryl/α,β-unsaturated/α-hetero) is 1. The summed E-state index contributed by atoms with van der Waals surface area (Å²) in [5, 5.41) is 14.8. The molecule has 1 heterocycles. The molecule has 1 aliphatic heterocycles. The largest absolute Gasteiger partial charge is 0.348 e. The lowest BCUT2D eigenvalue weighted by Crippen LogP contribution is -2.64. The number of fused-ring (bicyclic) bond motifs is 1. The molecule has 0 radical (unpaired) electrons. The molecule has 7 aliphatic rings. The van der Waals surface area contributed by atoms with Crippen molar-refractivity contribution in [2.24, 2.45) is 40.9 Å². The highest BCUT2D eigenvalue weighted by Crippen LogP contribution is 2.65. The number of piperidine rings is 1. The molecule has 6 saturated carbocycles. The minimum absolute atomic E-state index is 0.0309. The van der Waals surface area contributed by atoms with Crippen LogP contribution < -0.4 is 26.6 Å². The number of carbonyl (C=O) groups excluding carboxylic acids is 6. The molecule has 0 spiro atoms. The van der Waals surface area contributed by atoms with Gasteiger partial charge < -0.3 is 31.5 Å². The molecule has 1 saturated heterocycles. The number of benzene rings is 1. The first-order valence-corrected chi connectivity index (χ1v) is 21.5. The second-order valence-corrected chi connectivity index (χ2v) is 18.7. The van der Waals surface area contributed by atoms with Gasteiger partial charge in [0.2, 0.25) is 23.5 Å². The Labute approximate surface area is 337 Å². The third kappa shape index (κ3) is 9.15. The van der Waals surface area contributed by atoms with E-state index < -0.39 is 35.7 Å². The van der Waals surface area contributed by atoms with E-state index in [1.807, 2.05) is 30.3 Å². The van der Waals surface area contributed by atoms with Crippen LogP contribution in [0.25, 0.3) is 0 Å². The molecule has 8 rings (SSSR count). The maximum absolute atomic E-state index is 14.8. The molecule has 12 heteroatoms. The van der Waals surface area contributed by atoms with E-state index in [0.29, 0.717) is 37.3 Å². The summed E-state index contributed by atoms with van der Waals surface area (Å²) in [6.45, 7) is 8.66. The molecule has 1 aromatic rings. The third-order valence-corrected chi connectivity index (χ3v) is 14.3. The van der Waals surface area contributed by atoms with Gasteiger partial charge in [0.1, 0.15) is 12.1 Å². The Morgan fingerprint density at radius 2 is 1.56 bits per heavy atom. The van der Waals surface area contributed by atoms with E-state index in [1.54, 1.807) is 11.0 Å². The van der Waals surface area contributed by atoms with Crippen molar-refractivity contribution >= 4 is 35.4 Å². The molecule has 308 valence electrons. The number of rotatable bonds is 16. The van der Waals surface area contributed by atoms with Crippen molar-refractivity contribution in [2.45, 2.75) is 128 Å². The topological polar surface area (TPSA) is 166 Å². The fourth-order valence-corrected chi connectivity index (χ4v) is 11.7. The molecule has 5 N–H and O–H groups in total. The van der Waals surface area contributed by atoms with E-state index in [4.69, 9.17) is 0 Å². The van der Waals surface area contributed by atoms with Crippen molar-refractivity contribution in [1.29, 1.82) is 0 Å². The highest BCUT2D eigenvalue weighted by molar-refractivity contribution is 6.38. The van der Waals surface area contributed by atoms with E-state index in [9.17, 15) is 28.8 Å². The summed E-state index contributed by atoms with van der Waals surface area (Å²) in [5.41, 5.74) is 0.570. The summed E-state index contributed by atoms with van der Waals surface area (Å²) in [6.07, 6.45) is 16.5. The first-order chi connectivity index (χ1) is 27.4. The second-order valence-electron chi connectivity index (χ2n) is 18.7. The van der Waals surface area contributed by atoms with Crippen LogP contribution in [0.5, 0.6) is 0 Å². The Balaban J connectivity index is 0.996. The predicted octanol–water partition coefficient (Wildman–Crippen LogP) is 4.70. The Morgan fingerprint density at radius 1 is 0.895 bits per heavy atom. The van der Waals surface area contributed by atoms with Crippen molar-refractivity contribution in [3.8, 4) is 0 Å². The Bertz CT molecular complexity index is 1700. The molecule has 6 aliphatic carbocycles. The van der Waals surface area contributed by atoms with Gasteiger partial charge in [-0.3, -0.25) is 24.0 Å². The van der Waals surface area contributed by atoms with Crippen molar-refractivity contribution in [3.05, 3.63) is 60.7 Å². The average molecular weight is 783 g/mol. The van der Waals surface area contributed by atoms with Crippen LogP contribution >= 0.6 is 0 Å². The van der Waals surface area contributed by atoms with Crippen LogP contribution in [0.4, 0.5) is 4.79 Å². The number of nitrogens with zero attached hydrogens (tertiary/aromatic N) is 1. The second kappa shape index (κ2) is 17.2. The molecule has 7 fully saturated rings. The van der Waals surface area contributed by atoms with Crippen molar-refractivity contribution in [1.82, 2.24) is 31.5 Å². The van der Waals surface area contributed by atoms with E-state index in [2.05, 4.69) is 47.0 Å². The first kappa shape index (κ1) is 40.7. The van der Waals surface area contributed by atoms with Gasteiger partial charge in [-0.1, -0.05) is 75.6 Å². The standard InChI is InChI=1S/C45H62N6O6/c1-4-5-17-34(39(53)41(55)46-19-12-18-35(52)47-26-28-13-8-6-9-14-28)48-40(54)38-36-33(44(36,2)3)27-51(38)42(56)37(32-15-10-7-11-16-32)49-43(57)50-45-23-29-20-30(24-45)22-31(21-29)25-45/h4,6,8-9,12-14,18,29-34,36-38H,1,5,7,10-11,15-17,19-27H2,2-3H3,(H,46,55)(H,47,52)(H,48,54)(H2,49,50,57)/t29?,30?,31?,33?,34-,36+,37+,38+,45?/m1/s1. The van der Waals surface area contributed by atoms with Gasteiger partial charge in [0.15, 0.2) is 0 Å². The van der Waals surface area contributed by atoms with Crippen LogP contribution in [-0.4, -0.2) is 77.1 Å². The molecule has 1 unspecified atom stereocenters. The lowest BCUT2D eigenvalue weighted by atomic mass is 9.53. The Hall–Kier alpha value is -4.48. The fourth-order valence-electron chi connectivity index (χ4n) is 11.7. The molecule has 0 aromatic heterocycles. The molecule has 5 atom stereocenters. The maximum atomic E-state index is 14.8. The normalized spacial score (nSPS) is 30.5. The molecular weight excluding hydrogens is 721 g/mol. The lowest BCUT2D eigenvalue weighted by Gasteiger charge is -2.56. The summed E-state index contributed by atoms with van der Waals surface area (Å²) in [5.74, 6) is -0.770.